The van der Waals surface area contributed by atoms with Crippen LogP contribution in [-0.2, 0) is 10.3 Å². The first-order valence-corrected chi connectivity index (χ1v) is 8.94. The van der Waals surface area contributed by atoms with Gasteiger partial charge >= 0.3 is 0 Å². The number of hydrogen-bond acceptors (Lipinski definition) is 4. The van der Waals surface area contributed by atoms with Crippen molar-refractivity contribution in [2.24, 2.45) is 5.92 Å². The molecule has 0 aliphatic heterocycles. The lowest BCUT2D eigenvalue weighted by Gasteiger charge is -2.39. The third-order valence-corrected chi connectivity index (χ3v) is 5.15. The Morgan fingerprint density at radius 2 is 2.19 bits per heavy atom. The number of nitrogens with one attached hydrogen (secondary N) is 1. The number of halogens is 1. The molecule has 0 bridgehead atoms. The summed E-state index contributed by atoms with van der Waals surface area (Å²) in [6.45, 7) is 3.55. The summed E-state index contributed by atoms with van der Waals surface area (Å²) in [5, 5.41) is 20.4. The van der Waals surface area contributed by atoms with E-state index in [-0.39, 0.29) is 11.7 Å². The van der Waals surface area contributed by atoms with Crippen molar-refractivity contribution in [2.75, 3.05) is 6.61 Å². The highest BCUT2D eigenvalue weighted by atomic mass is 19.1. The zero-order valence-corrected chi connectivity index (χ0v) is 15.4. The van der Waals surface area contributed by atoms with Crippen LogP contribution in [0.5, 0.6) is 0 Å². The second-order valence-corrected chi connectivity index (χ2v) is 7.16. The van der Waals surface area contributed by atoms with Crippen molar-refractivity contribution < 1.29 is 14.3 Å². The molecule has 6 heteroatoms. The van der Waals surface area contributed by atoms with Gasteiger partial charge in [-0.2, -0.15) is 10.2 Å². The summed E-state index contributed by atoms with van der Waals surface area (Å²) in [6.07, 6.45) is 7.01. The predicted octanol–water partition coefficient (Wildman–Crippen LogP) is 2.75. The Morgan fingerprint density at radius 1 is 1.44 bits per heavy atom. The fourth-order valence-electron chi connectivity index (χ4n) is 3.74. The minimum atomic E-state index is -1.12. The van der Waals surface area contributed by atoms with E-state index in [0.29, 0.717) is 29.3 Å². The number of hydrogen-bond donors (Lipinski definition) is 2. The predicted molar refractivity (Wildman–Crippen MR) is 100.0 cm³/mol. The minimum absolute atomic E-state index is 0.161. The molecule has 1 amide bonds. The average molecular weight is 367 g/mol. The molecule has 0 radical (unpaired) electrons. The number of carbonyl (C=O) groups excluding carboxylic acids is 1. The molecule has 0 unspecified atom stereocenters. The van der Waals surface area contributed by atoms with Crippen LogP contribution in [0.15, 0.2) is 30.3 Å². The Labute approximate surface area is 158 Å². The Balaban J connectivity index is 2.16. The molecular weight excluding hydrogens is 345 g/mol. The molecule has 1 aromatic heterocycles. The molecule has 1 aliphatic carbocycles. The summed E-state index contributed by atoms with van der Waals surface area (Å²) in [6, 6.07) is 8.22. The van der Waals surface area contributed by atoms with Crippen molar-refractivity contribution in [3.63, 3.8) is 0 Å². The number of benzene rings is 1. The second kappa shape index (κ2) is 7.45. The van der Waals surface area contributed by atoms with Gasteiger partial charge in [0.2, 0.25) is 5.91 Å². The Kier molecular flexibility index (Phi) is 5.24. The van der Waals surface area contributed by atoms with Crippen LogP contribution in [0.2, 0.25) is 0 Å². The van der Waals surface area contributed by atoms with Crippen LogP contribution in [0.25, 0.3) is 11.3 Å². The molecule has 27 heavy (non-hydrogen) atoms. The van der Waals surface area contributed by atoms with Gasteiger partial charge < -0.3 is 10.4 Å². The van der Waals surface area contributed by atoms with Crippen LogP contribution in [0.4, 0.5) is 4.39 Å². The van der Waals surface area contributed by atoms with Gasteiger partial charge in [0.15, 0.2) is 0 Å². The molecule has 5 nitrogen and oxygen atoms in total. The molecular formula is C21H22FN3O2. The second-order valence-electron chi connectivity index (χ2n) is 7.16. The maximum Gasteiger partial charge on any atom is 0.247 e. The lowest BCUT2D eigenvalue weighted by atomic mass is 9.71. The van der Waals surface area contributed by atoms with E-state index in [9.17, 15) is 9.18 Å². The molecule has 140 valence electrons. The lowest BCUT2D eigenvalue weighted by Crippen LogP contribution is -2.49. The van der Waals surface area contributed by atoms with Gasteiger partial charge in [-0.05, 0) is 48.4 Å². The fraction of sp³-hybridized carbons (Fsp3) is 0.381. The van der Waals surface area contributed by atoms with Gasteiger partial charge in [0, 0.05) is 5.56 Å². The first-order valence-electron chi connectivity index (χ1n) is 8.94. The van der Waals surface area contributed by atoms with Crippen LogP contribution >= 0.6 is 0 Å². The number of aromatic nitrogens is 2. The van der Waals surface area contributed by atoms with E-state index in [1.54, 1.807) is 18.2 Å². The van der Waals surface area contributed by atoms with E-state index < -0.39 is 18.1 Å². The number of terminal acetylenes is 1. The summed E-state index contributed by atoms with van der Waals surface area (Å²) in [7, 11) is 0. The van der Waals surface area contributed by atoms with Crippen molar-refractivity contribution in [1.82, 2.24) is 15.5 Å². The number of nitrogens with zero attached hydrogens (tertiary/aromatic N) is 2. The summed E-state index contributed by atoms with van der Waals surface area (Å²) < 4.78 is 14.2. The highest BCUT2D eigenvalue weighted by Gasteiger charge is 2.42. The maximum atomic E-state index is 14.2. The number of carbonyl (C=O) groups is 1. The Bertz CT molecular complexity index is 907. The number of aliphatic hydroxyl groups is 1. The van der Waals surface area contributed by atoms with Gasteiger partial charge in [0.05, 0.1) is 5.69 Å². The van der Waals surface area contributed by atoms with E-state index in [4.69, 9.17) is 11.5 Å². The zero-order valence-electron chi connectivity index (χ0n) is 15.4. The van der Waals surface area contributed by atoms with Gasteiger partial charge in [-0.3, -0.25) is 4.79 Å². The average Bonchev–Trinajstić information content (AvgIpc) is 2.67. The molecule has 0 fully saturated rings. The van der Waals surface area contributed by atoms with Crippen LogP contribution in [0.1, 0.15) is 43.9 Å². The molecule has 3 rings (SSSR count). The topological polar surface area (TPSA) is 75.1 Å². The summed E-state index contributed by atoms with van der Waals surface area (Å²) in [5.74, 6) is 2.18. The SMILES string of the molecule is C#C[C@]1(NC(=O)CO)CC[C@H](C(C)C)c2cc(-c3ccccc3F)nnc21. The molecule has 2 aromatic rings. The Hall–Kier alpha value is -2.78. The molecule has 1 aliphatic rings. The van der Waals surface area contributed by atoms with Crippen molar-refractivity contribution in [3.05, 3.63) is 47.4 Å². The van der Waals surface area contributed by atoms with E-state index in [1.807, 2.05) is 6.07 Å². The van der Waals surface area contributed by atoms with Crippen molar-refractivity contribution in [2.45, 2.75) is 38.1 Å². The third-order valence-electron chi connectivity index (χ3n) is 5.15. The van der Waals surface area contributed by atoms with Crippen LogP contribution in [0.3, 0.4) is 0 Å². The molecule has 0 spiro atoms. The fourth-order valence-corrected chi connectivity index (χ4v) is 3.74. The highest BCUT2D eigenvalue weighted by molar-refractivity contribution is 5.79. The van der Waals surface area contributed by atoms with Crippen LogP contribution in [-0.4, -0.2) is 27.8 Å². The summed E-state index contributed by atoms with van der Waals surface area (Å²) in [4.78, 5) is 11.8. The number of amides is 1. The standard InChI is InChI=1S/C21H22FN3O2/c1-4-21(23-19(27)12-26)10-9-14(13(2)3)16-11-18(24-25-20(16)21)15-7-5-6-8-17(15)22/h1,5-8,11,13-14,26H,9-10,12H2,2-3H3,(H,23,27)/t14-,21+/m1/s1. The molecule has 1 aromatic carbocycles. The van der Waals surface area contributed by atoms with Gasteiger partial charge in [-0.25, -0.2) is 4.39 Å². The largest absolute Gasteiger partial charge is 0.387 e. The van der Waals surface area contributed by atoms with Crippen LogP contribution < -0.4 is 5.32 Å². The molecule has 0 saturated heterocycles. The molecule has 0 saturated carbocycles. The number of rotatable bonds is 4. The van der Waals surface area contributed by atoms with Gasteiger partial charge in [-0.1, -0.05) is 31.9 Å². The maximum absolute atomic E-state index is 14.2. The zero-order chi connectivity index (χ0) is 19.6. The van der Waals surface area contributed by atoms with E-state index >= 15 is 0 Å². The van der Waals surface area contributed by atoms with E-state index in [2.05, 4.69) is 35.3 Å². The lowest BCUT2D eigenvalue weighted by molar-refractivity contribution is -0.125. The summed E-state index contributed by atoms with van der Waals surface area (Å²) in [5.41, 5.74) is 1.03. The minimum Gasteiger partial charge on any atom is -0.387 e. The monoisotopic (exact) mass is 367 g/mol. The van der Waals surface area contributed by atoms with Gasteiger partial charge in [0.1, 0.15) is 23.7 Å². The number of fused-ring (bicyclic) bond motifs is 1. The molecule has 1 heterocycles. The van der Waals surface area contributed by atoms with Crippen molar-refractivity contribution in [3.8, 4) is 23.6 Å². The quantitative estimate of drug-likeness (QED) is 0.815. The van der Waals surface area contributed by atoms with E-state index in [1.165, 1.54) is 6.07 Å². The van der Waals surface area contributed by atoms with Gasteiger partial charge in [0.25, 0.3) is 0 Å². The molecule has 2 atom stereocenters. The number of aliphatic hydroxyl groups excluding tert-OH is 1. The van der Waals surface area contributed by atoms with Crippen molar-refractivity contribution >= 4 is 5.91 Å². The third kappa shape index (κ3) is 3.43. The first kappa shape index (κ1) is 19.0. The molecule has 2 N–H and O–H groups in total. The Morgan fingerprint density at radius 3 is 2.81 bits per heavy atom. The van der Waals surface area contributed by atoms with Crippen molar-refractivity contribution in [1.29, 1.82) is 0 Å². The van der Waals surface area contributed by atoms with Gasteiger partial charge in [-0.15, -0.1) is 6.42 Å². The van der Waals surface area contributed by atoms with Crippen LogP contribution in [0, 0.1) is 24.1 Å². The smallest absolute Gasteiger partial charge is 0.247 e. The normalized spacial score (nSPS) is 21.4. The first-order chi connectivity index (χ1) is 12.9. The summed E-state index contributed by atoms with van der Waals surface area (Å²) >= 11 is 0. The van der Waals surface area contributed by atoms with E-state index in [0.717, 1.165) is 12.0 Å². The highest BCUT2D eigenvalue weighted by Crippen LogP contribution is 2.44.